The van der Waals surface area contributed by atoms with Gasteiger partial charge in [-0.2, -0.15) is 8.42 Å². The third kappa shape index (κ3) is 42.2. The quantitative estimate of drug-likeness (QED) is 0.0236. The number of unbranched alkanes of at least 4 members (excludes halogenated alkanes) is 24. The van der Waals surface area contributed by atoms with Crippen molar-refractivity contribution in [3.63, 3.8) is 0 Å². The molecule has 58 heavy (non-hydrogen) atoms. The summed E-state index contributed by atoms with van der Waals surface area (Å²) in [5, 5.41) is 4.99. The summed E-state index contributed by atoms with van der Waals surface area (Å²) in [6, 6.07) is 0. The molecule has 0 aromatic heterocycles. The highest BCUT2D eigenvalue weighted by atomic mass is 32.2. The van der Waals surface area contributed by atoms with Gasteiger partial charge in [0.2, 0.25) is 5.96 Å². The van der Waals surface area contributed by atoms with Gasteiger partial charge in [-0.1, -0.05) is 162 Å². The van der Waals surface area contributed by atoms with Gasteiger partial charge < -0.3 is 20.1 Å². The van der Waals surface area contributed by atoms with Gasteiger partial charge in [-0.05, 0) is 83.8 Å². The van der Waals surface area contributed by atoms with E-state index in [4.69, 9.17) is 20.3 Å². The second-order valence-electron chi connectivity index (χ2n) is 16.7. The molecule has 0 amide bonds. The van der Waals surface area contributed by atoms with E-state index in [-0.39, 0.29) is 24.0 Å². The summed E-state index contributed by atoms with van der Waals surface area (Å²) in [4.78, 5) is 31.5. The smallest absolute Gasteiger partial charge is 0.306 e. The summed E-state index contributed by atoms with van der Waals surface area (Å²) in [5.74, 6) is -0.272. The van der Waals surface area contributed by atoms with Crippen LogP contribution in [0.3, 0.4) is 0 Å². The van der Waals surface area contributed by atoms with Gasteiger partial charge in [0.1, 0.15) is 6.10 Å². The lowest BCUT2D eigenvalue weighted by Gasteiger charge is -2.22. The largest absolute Gasteiger partial charge is 0.466 e. The number of rotatable bonds is 44. The molecule has 0 aliphatic heterocycles. The predicted molar refractivity (Wildman–Crippen MR) is 244 cm³/mol. The standard InChI is InChI=1S/C46H93N5O6S/c1-4-7-10-13-16-25-32-42-56-44(52)36-28-21-17-23-30-39-51(41-33-38-49-46(47)50-58(48,54)55)40-31-24-18-22-29-37-45(53)57-43(34-26-19-14-11-8-5-2)35-27-20-15-12-9-6-3/h43H,4-42H2,1-3H3,(H3,47,49,50)(H2,48,54,55). The van der Waals surface area contributed by atoms with Crippen molar-refractivity contribution in [1.29, 1.82) is 0 Å². The lowest BCUT2D eigenvalue weighted by molar-refractivity contribution is -0.150. The van der Waals surface area contributed by atoms with Gasteiger partial charge in [0.15, 0.2) is 0 Å². The van der Waals surface area contributed by atoms with Gasteiger partial charge in [0.25, 0.3) is 10.2 Å². The van der Waals surface area contributed by atoms with Crippen molar-refractivity contribution in [1.82, 2.24) is 9.62 Å². The first kappa shape index (κ1) is 56.1. The van der Waals surface area contributed by atoms with Crippen molar-refractivity contribution in [2.75, 3.05) is 32.8 Å². The Morgan fingerprint density at radius 3 is 1.43 bits per heavy atom. The van der Waals surface area contributed by atoms with Crippen molar-refractivity contribution in [2.24, 2.45) is 15.9 Å². The molecular weight excluding hydrogens is 751 g/mol. The number of carbonyl (C=O) groups is 2. The summed E-state index contributed by atoms with van der Waals surface area (Å²) in [5.41, 5.74) is 5.65. The van der Waals surface area contributed by atoms with E-state index >= 15 is 0 Å². The molecule has 0 aromatic rings. The number of nitrogens with one attached hydrogen (secondary N) is 1. The van der Waals surface area contributed by atoms with E-state index in [9.17, 15) is 18.0 Å². The van der Waals surface area contributed by atoms with Crippen LogP contribution in [0.2, 0.25) is 0 Å². The number of nitrogens with two attached hydrogens (primary N) is 2. The van der Waals surface area contributed by atoms with Crippen molar-refractivity contribution in [3.05, 3.63) is 0 Å². The van der Waals surface area contributed by atoms with E-state index in [0.717, 1.165) is 129 Å². The molecule has 12 heteroatoms. The molecule has 0 radical (unpaired) electrons. The normalized spacial score (nSPS) is 12.1. The van der Waals surface area contributed by atoms with E-state index in [2.05, 4.69) is 30.7 Å². The minimum Gasteiger partial charge on any atom is -0.466 e. The molecule has 0 bridgehead atoms. The first-order valence-electron chi connectivity index (χ1n) is 24.3. The summed E-state index contributed by atoms with van der Waals surface area (Å²) >= 11 is 0. The predicted octanol–water partition coefficient (Wildman–Crippen LogP) is 11.2. The van der Waals surface area contributed by atoms with Crippen LogP contribution < -0.4 is 15.6 Å². The third-order valence-corrected chi connectivity index (χ3v) is 11.4. The van der Waals surface area contributed by atoms with E-state index < -0.39 is 10.2 Å². The average molecular weight is 844 g/mol. The van der Waals surface area contributed by atoms with Crippen LogP contribution in [-0.2, 0) is 29.3 Å². The molecular formula is C46H93N5O6S. The van der Waals surface area contributed by atoms with Crippen LogP contribution in [0.4, 0.5) is 0 Å². The highest BCUT2D eigenvalue weighted by Gasteiger charge is 2.14. The number of aliphatic imine (C=N–C) groups is 1. The molecule has 11 nitrogen and oxygen atoms in total. The van der Waals surface area contributed by atoms with Crippen LogP contribution in [0, 0.1) is 0 Å². The Labute approximate surface area is 357 Å². The third-order valence-electron chi connectivity index (χ3n) is 10.9. The monoisotopic (exact) mass is 844 g/mol. The Morgan fingerprint density at radius 2 is 0.948 bits per heavy atom. The second-order valence-corrected chi connectivity index (χ2v) is 18.0. The molecule has 0 unspecified atom stereocenters. The van der Waals surface area contributed by atoms with Crippen molar-refractivity contribution in [2.45, 2.75) is 245 Å². The van der Waals surface area contributed by atoms with Crippen molar-refractivity contribution < 1.29 is 27.5 Å². The maximum Gasteiger partial charge on any atom is 0.306 e. The SMILES string of the molecule is CCCCCCCCCOC(=O)CCCCCCCN(CCCCCCCC(=O)OC(CCCCCCCC)CCCCCCCC)CCCN=C(N)NS(N)(=O)=O. The maximum absolute atomic E-state index is 12.8. The highest BCUT2D eigenvalue weighted by Crippen LogP contribution is 2.19. The van der Waals surface area contributed by atoms with Gasteiger partial charge in [-0.25, -0.2) is 9.86 Å². The van der Waals surface area contributed by atoms with Crippen LogP contribution in [0.15, 0.2) is 4.99 Å². The number of nitrogens with zero attached hydrogens (tertiary/aromatic N) is 2. The molecule has 0 fully saturated rings. The fourth-order valence-electron chi connectivity index (χ4n) is 7.41. The number of esters is 2. The number of hydrogen-bond acceptors (Lipinski definition) is 8. The van der Waals surface area contributed by atoms with Crippen LogP contribution >= 0.6 is 0 Å². The Kier molecular flexibility index (Phi) is 40.4. The Balaban J connectivity index is 4.49. The van der Waals surface area contributed by atoms with E-state index in [1.807, 2.05) is 4.72 Å². The topological polar surface area (TPSA) is 166 Å². The molecule has 344 valence electrons. The molecule has 5 N–H and O–H groups in total. The van der Waals surface area contributed by atoms with E-state index in [1.165, 1.54) is 96.3 Å². The molecule has 0 aromatic carbocycles. The summed E-state index contributed by atoms with van der Waals surface area (Å²) < 4.78 is 35.9. The summed E-state index contributed by atoms with van der Waals surface area (Å²) in [7, 11) is -3.93. The lowest BCUT2D eigenvalue weighted by atomic mass is 10.0. The molecule has 0 aliphatic rings. The molecule has 0 spiro atoms. The highest BCUT2D eigenvalue weighted by molar-refractivity contribution is 7.87. The van der Waals surface area contributed by atoms with Gasteiger partial charge in [-0.3, -0.25) is 14.6 Å². The van der Waals surface area contributed by atoms with Crippen molar-refractivity contribution in [3.8, 4) is 0 Å². The van der Waals surface area contributed by atoms with E-state index in [0.29, 0.717) is 26.0 Å². The zero-order valence-electron chi connectivity index (χ0n) is 38.1. The van der Waals surface area contributed by atoms with Crippen LogP contribution in [0.25, 0.3) is 0 Å². The Bertz CT molecular complexity index is 1060. The summed E-state index contributed by atoms with van der Waals surface area (Å²) in [6.45, 7) is 10.5. The lowest BCUT2D eigenvalue weighted by Crippen LogP contribution is -2.41. The van der Waals surface area contributed by atoms with E-state index in [1.54, 1.807) is 0 Å². The first-order valence-corrected chi connectivity index (χ1v) is 25.8. The van der Waals surface area contributed by atoms with Crippen LogP contribution in [0.5, 0.6) is 0 Å². The fourth-order valence-corrected chi connectivity index (χ4v) is 7.76. The van der Waals surface area contributed by atoms with Gasteiger partial charge in [-0.15, -0.1) is 0 Å². The zero-order chi connectivity index (χ0) is 42.8. The van der Waals surface area contributed by atoms with Gasteiger partial charge >= 0.3 is 11.9 Å². The molecule has 0 saturated carbocycles. The minimum absolute atomic E-state index is 0.0190. The van der Waals surface area contributed by atoms with Gasteiger partial charge in [0, 0.05) is 19.4 Å². The van der Waals surface area contributed by atoms with Crippen LogP contribution in [-0.4, -0.2) is 70.1 Å². The maximum atomic E-state index is 12.8. The molecule has 0 aliphatic carbocycles. The fraction of sp³-hybridized carbons (Fsp3) is 0.935. The molecule has 0 heterocycles. The number of carbonyl (C=O) groups excluding carboxylic acids is 2. The van der Waals surface area contributed by atoms with Crippen LogP contribution in [0.1, 0.15) is 239 Å². The molecule has 0 atom stereocenters. The van der Waals surface area contributed by atoms with Gasteiger partial charge in [0.05, 0.1) is 6.61 Å². The van der Waals surface area contributed by atoms with Crippen molar-refractivity contribution >= 4 is 28.1 Å². The number of guanidine groups is 1. The molecule has 0 rings (SSSR count). The second kappa shape index (κ2) is 41.8. The minimum atomic E-state index is -3.93. The molecule has 0 saturated heterocycles. The number of hydrogen-bond donors (Lipinski definition) is 3. The Hall–Kier alpha value is -1.92. The Morgan fingerprint density at radius 1 is 0.552 bits per heavy atom. The zero-order valence-corrected chi connectivity index (χ0v) is 38.9. The first-order chi connectivity index (χ1) is 28.1. The average Bonchev–Trinajstić information content (AvgIpc) is 3.18. The number of ether oxygens (including phenoxy) is 2. The summed E-state index contributed by atoms with van der Waals surface area (Å²) in [6.07, 6.45) is 37.9.